The third-order valence-electron chi connectivity index (χ3n) is 2.21. The number of hydrogen-bond donors (Lipinski definition) is 1. The van der Waals surface area contributed by atoms with Gasteiger partial charge in [-0.15, -0.1) is 11.6 Å². The molecule has 0 unspecified atom stereocenters. The van der Waals surface area contributed by atoms with Crippen molar-refractivity contribution < 1.29 is 9.53 Å². The third kappa shape index (κ3) is 3.42. The van der Waals surface area contributed by atoms with Crippen LogP contribution in [0.15, 0.2) is 18.2 Å². The fraction of sp³-hybridized carbons (Fsp3) is 0.417. The Bertz CT molecular complexity index is 366. The molecule has 0 aliphatic heterocycles. The molecule has 0 aliphatic rings. The van der Waals surface area contributed by atoms with Crippen molar-refractivity contribution in [2.45, 2.75) is 19.8 Å². The van der Waals surface area contributed by atoms with Gasteiger partial charge in [-0.3, -0.25) is 0 Å². The van der Waals surface area contributed by atoms with Gasteiger partial charge in [0, 0.05) is 11.6 Å². The van der Waals surface area contributed by atoms with E-state index in [4.69, 9.17) is 22.1 Å². The number of ether oxygens (including phenoxy) is 1. The van der Waals surface area contributed by atoms with Crippen molar-refractivity contribution in [3.63, 3.8) is 0 Å². The average molecular weight is 242 g/mol. The molecule has 0 radical (unpaired) electrons. The molecule has 0 fully saturated rings. The van der Waals surface area contributed by atoms with Gasteiger partial charge >= 0.3 is 5.97 Å². The molecule has 0 heterocycles. The van der Waals surface area contributed by atoms with Crippen LogP contribution < -0.4 is 5.73 Å². The summed E-state index contributed by atoms with van der Waals surface area (Å²) in [7, 11) is 0. The molecule has 1 rings (SSSR count). The number of nitrogen functional groups attached to an aromatic ring is 1. The topological polar surface area (TPSA) is 52.3 Å². The number of hydrogen-bond acceptors (Lipinski definition) is 3. The van der Waals surface area contributed by atoms with Crippen molar-refractivity contribution in [2.24, 2.45) is 0 Å². The predicted octanol–water partition coefficient (Wildman–Crippen LogP) is 2.62. The molecule has 2 N–H and O–H groups in total. The lowest BCUT2D eigenvalue weighted by Crippen LogP contribution is -2.08. The van der Waals surface area contributed by atoms with Crippen molar-refractivity contribution in [2.75, 3.05) is 18.2 Å². The van der Waals surface area contributed by atoms with E-state index < -0.39 is 0 Å². The summed E-state index contributed by atoms with van der Waals surface area (Å²) in [6.45, 7) is 2.12. The largest absolute Gasteiger partial charge is 0.462 e. The molecule has 0 aliphatic carbocycles. The molecule has 3 nitrogen and oxygen atoms in total. The minimum Gasteiger partial charge on any atom is -0.462 e. The summed E-state index contributed by atoms with van der Waals surface area (Å²) in [4.78, 5) is 11.6. The normalized spacial score (nSPS) is 10.1. The van der Waals surface area contributed by atoms with E-state index >= 15 is 0 Å². The molecule has 0 saturated carbocycles. The van der Waals surface area contributed by atoms with E-state index in [1.54, 1.807) is 19.1 Å². The van der Waals surface area contributed by atoms with Gasteiger partial charge in [-0.25, -0.2) is 4.79 Å². The van der Waals surface area contributed by atoms with Gasteiger partial charge in [0.05, 0.1) is 12.2 Å². The van der Waals surface area contributed by atoms with E-state index in [0.29, 0.717) is 23.7 Å². The minimum atomic E-state index is -0.368. The number of alkyl halides is 1. The number of rotatable bonds is 5. The van der Waals surface area contributed by atoms with Crippen LogP contribution >= 0.6 is 11.6 Å². The Kier molecular flexibility index (Phi) is 5.12. The molecule has 88 valence electrons. The van der Waals surface area contributed by atoms with Crippen LogP contribution in [0.25, 0.3) is 0 Å². The molecule has 4 heteroatoms. The van der Waals surface area contributed by atoms with E-state index in [1.165, 1.54) is 0 Å². The van der Waals surface area contributed by atoms with Crippen molar-refractivity contribution >= 4 is 23.3 Å². The molecule has 0 bridgehead atoms. The molecule has 0 spiro atoms. The zero-order valence-electron chi connectivity index (χ0n) is 9.33. The maximum atomic E-state index is 11.6. The minimum absolute atomic E-state index is 0.351. The van der Waals surface area contributed by atoms with Gasteiger partial charge in [0.2, 0.25) is 0 Å². The van der Waals surface area contributed by atoms with Gasteiger partial charge in [0.1, 0.15) is 0 Å². The highest BCUT2D eigenvalue weighted by Crippen LogP contribution is 2.16. The first-order chi connectivity index (χ1) is 7.69. The Balaban J connectivity index is 2.85. The fourth-order valence-electron chi connectivity index (χ4n) is 1.42. The summed E-state index contributed by atoms with van der Waals surface area (Å²) < 4.78 is 4.92. The van der Waals surface area contributed by atoms with E-state index in [0.717, 1.165) is 18.4 Å². The summed E-state index contributed by atoms with van der Waals surface area (Å²) in [6.07, 6.45) is 1.73. The van der Waals surface area contributed by atoms with E-state index in [9.17, 15) is 4.79 Å². The van der Waals surface area contributed by atoms with Gasteiger partial charge in [0.25, 0.3) is 0 Å². The van der Waals surface area contributed by atoms with Crippen LogP contribution in [0.4, 0.5) is 5.69 Å². The Morgan fingerprint density at radius 1 is 1.50 bits per heavy atom. The second-order valence-electron chi connectivity index (χ2n) is 3.43. The molecule has 0 amide bonds. The highest BCUT2D eigenvalue weighted by atomic mass is 35.5. The van der Waals surface area contributed by atoms with Gasteiger partial charge in [-0.05, 0) is 37.5 Å². The first-order valence-electron chi connectivity index (χ1n) is 5.30. The maximum Gasteiger partial charge on any atom is 0.340 e. The number of carbonyl (C=O) groups is 1. The predicted molar refractivity (Wildman–Crippen MR) is 65.9 cm³/mol. The van der Waals surface area contributed by atoms with E-state index in [1.807, 2.05) is 6.07 Å². The van der Waals surface area contributed by atoms with Crippen LogP contribution in [0.1, 0.15) is 29.3 Å². The zero-order valence-corrected chi connectivity index (χ0v) is 10.1. The van der Waals surface area contributed by atoms with Crippen LogP contribution in [0.5, 0.6) is 0 Å². The lowest BCUT2D eigenvalue weighted by atomic mass is 10.1. The van der Waals surface area contributed by atoms with Gasteiger partial charge < -0.3 is 10.5 Å². The second kappa shape index (κ2) is 6.38. The molecule has 0 atom stereocenters. The van der Waals surface area contributed by atoms with E-state index in [-0.39, 0.29) is 5.97 Å². The summed E-state index contributed by atoms with van der Waals surface area (Å²) >= 11 is 5.62. The molecule has 1 aromatic rings. The van der Waals surface area contributed by atoms with Crippen molar-refractivity contribution in [3.8, 4) is 0 Å². The van der Waals surface area contributed by atoms with Crippen molar-refractivity contribution in [1.82, 2.24) is 0 Å². The quantitative estimate of drug-likeness (QED) is 0.490. The second-order valence-corrected chi connectivity index (χ2v) is 3.81. The third-order valence-corrected chi connectivity index (χ3v) is 2.48. The smallest absolute Gasteiger partial charge is 0.340 e. The van der Waals surface area contributed by atoms with Crippen LogP contribution in [0.2, 0.25) is 0 Å². The van der Waals surface area contributed by atoms with Crippen molar-refractivity contribution in [3.05, 3.63) is 29.3 Å². The van der Waals surface area contributed by atoms with E-state index in [2.05, 4.69) is 0 Å². The number of carbonyl (C=O) groups excluding carboxylic acids is 1. The van der Waals surface area contributed by atoms with Gasteiger partial charge in [-0.1, -0.05) is 6.07 Å². The fourth-order valence-corrected chi connectivity index (χ4v) is 1.55. The molecule has 16 heavy (non-hydrogen) atoms. The van der Waals surface area contributed by atoms with Crippen LogP contribution in [-0.2, 0) is 11.2 Å². The monoisotopic (exact) mass is 241 g/mol. The molecule has 1 aromatic carbocycles. The summed E-state index contributed by atoms with van der Waals surface area (Å²) in [5.41, 5.74) is 7.67. The van der Waals surface area contributed by atoms with Gasteiger partial charge in [0.15, 0.2) is 0 Å². The highest BCUT2D eigenvalue weighted by Gasteiger charge is 2.11. The van der Waals surface area contributed by atoms with Crippen molar-refractivity contribution in [1.29, 1.82) is 0 Å². The zero-order chi connectivity index (χ0) is 12.0. The Hall–Kier alpha value is -1.22. The highest BCUT2D eigenvalue weighted by molar-refractivity contribution is 6.17. The van der Waals surface area contributed by atoms with Gasteiger partial charge in [-0.2, -0.15) is 0 Å². The first kappa shape index (κ1) is 12.8. The Morgan fingerprint density at radius 3 is 2.88 bits per heavy atom. The lowest BCUT2D eigenvalue weighted by Gasteiger charge is -2.07. The number of esters is 1. The summed E-state index contributed by atoms with van der Waals surface area (Å²) in [5, 5.41) is 0. The standard InChI is InChI=1S/C12H16ClNO2/c1-2-16-12(15)10-8-9(4-3-7-13)5-6-11(10)14/h5-6,8H,2-4,7,14H2,1H3. The number of anilines is 1. The molecule has 0 aromatic heterocycles. The molecular formula is C12H16ClNO2. The number of nitrogens with two attached hydrogens (primary N) is 1. The SMILES string of the molecule is CCOC(=O)c1cc(CCCCl)ccc1N. The summed E-state index contributed by atoms with van der Waals surface area (Å²) in [6, 6.07) is 5.42. The molecule has 0 saturated heterocycles. The summed E-state index contributed by atoms with van der Waals surface area (Å²) in [5.74, 6) is 0.242. The maximum absolute atomic E-state index is 11.6. The Labute approximate surface area is 101 Å². The number of aryl methyl sites for hydroxylation is 1. The first-order valence-corrected chi connectivity index (χ1v) is 5.84. The molecular weight excluding hydrogens is 226 g/mol. The Morgan fingerprint density at radius 2 is 2.25 bits per heavy atom. The number of halogens is 1. The number of benzene rings is 1. The lowest BCUT2D eigenvalue weighted by molar-refractivity contribution is 0.0527. The van der Waals surface area contributed by atoms with Crippen LogP contribution in [0, 0.1) is 0 Å². The average Bonchev–Trinajstić information content (AvgIpc) is 2.28. The van der Waals surface area contributed by atoms with Crippen LogP contribution in [-0.4, -0.2) is 18.5 Å². The van der Waals surface area contributed by atoms with Crippen LogP contribution in [0.3, 0.4) is 0 Å².